The SMILES string of the molecule is CC(C)(N)Cc1c[nH]c2cc(OC(c3ccccc3)c3ccccc3)ccc12. The molecule has 3 aromatic carbocycles. The predicted molar refractivity (Wildman–Crippen MR) is 116 cm³/mol. The molecule has 4 rings (SSSR count). The molecule has 0 aliphatic rings. The Balaban J connectivity index is 1.66. The maximum Gasteiger partial charge on any atom is 0.149 e. The van der Waals surface area contributed by atoms with Crippen LogP contribution in [0.2, 0.25) is 0 Å². The van der Waals surface area contributed by atoms with Gasteiger partial charge in [-0.15, -0.1) is 0 Å². The van der Waals surface area contributed by atoms with Crippen LogP contribution in [0.5, 0.6) is 5.75 Å². The third-order valence-corrected chi connectivity index (χ3v) is 4.84. The first-order chi connectivity index (χ1) is 13.5. The fourth-order valence-electron chi connectivity index (χ4n) is 3.60. The number of H-pyrrole nitrogens is 1. The summed E-state index contributed by atoms with van der Waals surface area (Å²) in [7, 11) is 0. The van der Waals surface area contributed by atoms with Crippen molar-refractivity contribution in [1.82, 2.24) is 4.98 Å². The Labute approximate surface area is 166 Å². The first-order valence-corrected chi connectivity index (χ1v) is 9.65. The van der Waals surface area contributed by atoms with Crippen molar-refractivity contribution >= 4 is 10.9 Å². The number of aromatic nitrogens is 1. The lowest BCUT2D eigenvalue weighted by molar-refractivity contribution is 0.247. The maximum atomic E-state index is 6.46. The molecule has 0 unspecified atom stereocenters. The van der Waals surface area contributed by atoms with E-state index in [1.54, 1.807) is 0 Å². The Bertz CT molecular complexity index is 1010. The summed E-state index contributed by atoms with van der Waals surface area (Å²) < 4.78 is 6.46. The lowest BCUT2D eigenvalue weighted by Crippen LogP contribution is -2.34. The monoisotopic (exact) mass is 370 g/mol. The molecule has 0 aliphatic heterocycles. The Kier molecular flexibility index (Phi) is 4.93. The van der Waals surface area contributed by atoms with Gasteiger partial charge in [0.1, 0.15) is 11.9 Å². The number of ether oxygens (including phenoxy) is 1. The quantitative estimate of drug-likeness (QED) is 0.463. The minimum Gasteiger partial charge on any atom is -0.481 e. The van der Waals surface area contributed by atoms with Crippen molar-refractivity contribution in [3.63, 3.8) is 0 Å². The number of fused-ring (bicyclic) bond motifs is 1. The summed E-state index contributed by atoms with van der Waals surface area (Å²) in [5, 5.41) is 1.20. The predicted octanol–water partition coefficient (Wildman–Crippen LogP) is 5.62. The third-order valence-electron chi connectivity index (χ3n) is 4.84. The minimum atomic E-state index is -0.240. The van der Waals surface area contributed by atoms with E-state index in [4.69, 9.17) is 10.5 Å². The Morgan fingerprint density at radius 3 is 2.07 bits per heavy atom. The molecule has 0 fully saturated rings. The van der Waals surface area contributed by atoms with Crippen molar-refractivity contribution in [1.29, 1.82) is 0 Å². The molecule has 0 saturated carbocycles. The second-order valence-corrected chi connectivity index (χ2v) is 8.01. The van der Waals surface area contributed by atoms with Crippen molar-refractivity contribution in [3.8, 4) is 5.75 Å². The highest BCUT2D eigenvalue weighted by atomic mass is 16.5. The van der Waals surface area contributed by atoms with E-state index in [9.17, 15) is 0 Å². The van der Waals surface area contributed by atoms with Gasteiger partial charge in [-0.2, -0.15) is 0 Å². The Morgan fingerprint density at radius 1 is 0.893 bits per heavy atom. The van der Waals surface area contributed by atoms with E-state index in [1.165, 1.54) is 10.9 Å². The first-order valence-electron chi connectivity index (χ1n) is 9.65. The summed E-state index contributed by atoms with van der Waals surface area (Å²) in [6, 6.07) is 26.9. The minimum absolute atomic E-state index is 0.155. The average molecular weight is 370 g/mol. The second kappa shape index (κ2) is 7.53. The van der Waals surface area contributed by atoms with Crippen molar-refractivity contribution in [2.45, 2.75) is 31.9 Å². The highest BCUT2D eigenvalue weighted by Crippen LogP contribution is 2.31. The summed E-state index contributed by atoms with van der Waals surface area (Å²) in [6.45, 7) is 4.10. The van der Waals surface area contributed by atoms with E-state index in [1.807, 2.05) is 56.3 Å². The number of benzene rings is 3. The Morgan fingerprint density at radius 2 is 1.50 bits per heavy atom. The van der Waals surface area contributed by atoms with Crippen LogP contribution in [-0.2, 0) is 6.42 Å². The van der Waals surface area contributed by atoms with Gasteiger partial charge in [0.15, 0.2) is 0 Å². The van der Waals surface area contributed by atoms with Crippen LogP contribution in [-0.4, -0.2) is 10.5 Å². The largest absolute Gasteiger partial charge is 0.481 e. The van der Waals surface area contributed by atoms with Gasteiger partial charge in [0, 0.05) is 28.7 Å². The zero-order valence-corrected chi connectivity index (χ0v) is 16.4. The van der Waals surface area contributed by atoms with Crippen LogP contribution < -0.4 is 10.5 Å². The van der Waals surface area contributed by atoms with Crippen molar-refractivity contribution in [2.24, 2.45) is 5.73 Å². The zero-order valence-electron chi connectivity index (χ0n) is 16.4. The molecule has 3 heteroatoms. The molecule has 28 heavy (non-hydrogen) atoms. The summed E-state index contributed by atoms with van der Waals surface area (Å²) in [6.07, 6.45) is 2.72. The number of hydrogen-bond donors (Lipinski definition) is 2. The highest BCUT2D eigenvalue weighted by molar-refractivity contribution is 5.84. The molecular formula is C25H26N2O. The highest BCUT2D eigenvalue weighted by Gasteiger charge is 2.18. The van der Waals surface area contributed by atoms with Crippen LogP contribution in [0.4, 0.5) is 0 Å². The van der Waals surface area contributed by atoms with Crippen LogP contribution >= 0.6 is 0 Å². The molecule has 0 amide bonds. The number of hydrogen-bond acceptors (Lipinski definition) is 2. The van der Waals surface area contributed by atoms with Gasteiger partial charge in [-0.3, -0.25) is 0 Å². The van der Waals surface area contributed by atoms with Gasteiger partial charge in [0.2, 0.25) is 0 Å². The summed E-state index contributed by atoms with van der Waals surface area (Å²) in [5.41, 5.74) is 10.5. The van der Waals surface area contributed by atoms with Crippen LogP contribution in [0.1, 0.15) is 36.6 Å². The van der Waals surface area contributed by atoms with Crippen molar-refractivity contribution in [3.05, 3.63) is 102 Å². The van der Waals surface area contributed by atoms with E-state index in [-0.39, 0.29) is 11.6 Å². The van der Waals surface area contributed by atoms with Crippen molar-refractivity contribution < 1.29 is 4.74 Å². The smallest absolute Gasteiger partial charge is 0.149 e. The molecule has 0 saturated heterocycles. The number of nitrogens with two attached hydrogens (primary N) is 1. The molecule has 3 nitrogen and oxygen atoms in total. The Hall–Kier alpha value is -3.04. The van der Waals surface area contributed by atoms with Gasteiger partial charge in [-0.25, -0.2) is 0 Å². The molecule has 0 bridgehead atoms. The maximum absolute atomic E-state index is 6.46. The van der Waals surface area contributed by atoms with Gasteiger partial charge in [-0.1, -0.05) is 60.7 Å². The normalized spacial score (nSPS) is 11.9. The van der Waals surface area contributed by atoms with Gasteiger partial charge < -0.3 is 15.5 Å². The molecular weight excluding hydrogens is 344 g/mol. The van der Waals surface area contributed by atoms with Gasteiger partial charge in [0.05, 0.1) is 0 Å². The molecule has 0 aliphatic carbocycles. The van der Waals surface area contributed by atoms with Crippen molar-refractivity contribution in [2.75, 3.05) is 0 Å². The van der Waals surface area contributed by atoms with Gasteiger partial charge in [-0.05, 0) is 49.1 Å². The molecule has 0 atom stereocenters. The van der Waals surface area contributed by atoms with E-state index >= 15 is 0 Å². The van der Waals surface area contributed by atoms with E-state index in [2.05, 4.69) is 47.6 Å². The topological polar surface area (TPSA) is 51.0 Å². The standard InChI is InChI=1S/C25H26N2O/c1-25(2,26)16-20-17-27-23-15-21(13-14-22(20)23)28-24(18-9-5-3-6-10-18)19-11-7-4-8-12-19/h3-15,17,24,27H,16,26H2,1-2H3. The molecule has 0 spiro atoms. The van der Waals surface area contributed by atoms with Gasteiger partial charge >= 0.3 is 0 Å². The van der Waals surface area contributed by atoms with E-state index < -0.39 is 0 Å². The average Bonchev–Trinajstić information content (AvgIpc) is 3.08. The lowest BCUT2D eigenvalue weighted by Gasteiger charge is -2.20. The van der Waals surface area contributed by atoms with Gasteiger partial charge in [0.25, 0.3) is 0 Å². The van der Waals surface area contributed by atoms with Crippen LogP contribution in [0, 0.1) is 0 Å². The van der Waals surface area contributed by atoms with Crippen LogP contribution in [0.3, 0.4) is 0 Å². The summed E-state index contributed by atoms with van der Waals surface area (Å²) >= 11 is 0. The van der Waals surface area contributed by atoms with E-state index in [0.29, 0.717) is 0 Å². The number of nitrogens with one attached hydrogen (secondary N) is 1. The number of aromatic amines is 1. The molecule has 3 N–H and O–H groups in total. The third kappa shape index (κ3) is 4.10. The molecule has 142 valence electrons. The lowest BCUT2D eigenvalue weighted by atomic mass is 9.96. The van der Waals surface area contributed by atoms with E-state index in [0.717, 1.165) is 28.8 Å². The fourth-order valence-corrected chi connectivity index (χ4v) is 3.60. The molecule has 0 radical (unpaired) electrons. The second-order valence-electron chi connectivity index (χ2n) is 8.01. The fraction of sp³-hybridized carbons (Fsp3) is 0.200. The summed E-state index contributed by atoms with van der Waals surface area (Å²) in [5.74, 6) is 0.839. The van der Waals surface area contributed by atoms with Crippen LogP contribution in [0.25, 0.3) is 10.9 Å². The first kappa shape index (κ1) is 18.3. The molecule has 1 aromatic heterocycles. The molecule has 1 heterocycles. The zero-order chi connectivity index (χ0) is 19.6. The summed E-state index contributed by atoms with van der Waals surface area (Å²) in [4.78, 5) is 3.37. The molecule has 4 aromatic rings. The van der Waals surface area contributed by atoms with Crippen LogP contribution in [0.15, 0.2) is 85.1 Å². The number of rotatable bonds is 6.